The van der Waals surface area contributed by atoms with E-state index in [2.05, 4.69) is 5.16 Å². The molecule has 5 heteroatoms. The van der Waals surface area contributed by atoms with Crippen molar-refractivity contribution in [3.63, 3.8) is 0 Å². The number of hydrogen-bond donors (Lipinski definition) is 2. The zero-order chi connectivity index (χ0) is 12.3. The fraction of sp³-hybridized carbons (Fsp3) is 0.417. The van der Waals surface area contributed by atoms with Crippen LogP contribution < -0.4 is 4.74 Å². The minimum atomic E-state index is -0.977. The fourth-order valence-electron chi connectivity index (χ4n) is 1.68. The standard InChI is InChI=1S/C12H15NO4/c1-16-10-4-2-9(3-5-10)11-6-12(7-14,8-15)17-13-11/h2-5,14-15H,6-8H2,1H3. The van der Waals surface area contributed by atoms with Gasteiger partial charge >= 0.3 is 0 Å². The van der Waals surface area contributed by atoms with Gasteiger partial charge in [0.15, 0.2) is 5.60 Å². The van der Waals surface area contributed by atoms with Crippen LogP contribution in [0.4, 0.5) is 0 Å². The van der Waals surface area contributed by atoms with Crippen molar-refractivity contribution in [1.29, 1.82) is 0 Å². The van der Waals surface area contributed by atoms with E-state index in [0.29, 0.717) is 6.42 Å². The van der Waals surface area contributed by atoms with Crippen LogP contribution in [0.15, 0.2) is 29.4 Å². The largest absolute Gasteiger partial charge is 0.497 e. The van der Waals surface area contributed by atoms with Crippen LogP contribution >= 0.6 is 0 Å². The van der Waals surface area contributed by atoms with Gasteiger partial charge in [0.25, 0.3) is 0 Å². The van der Waals surface area contributed by atoms with Crippen LogP contribution in [0.1, 0.15) is 12.0 Å². The first-order valence-electron chi connectivity index (χ1n) is 5.34. The van der Waals surface area contributed by atoms with Gasteiger partial charge in [-0.2, -0.15) is 0 Å². The lowest BCUT2D eigenvalue weighted by molar-refractivity contribution is -0.0878. The minimum absolute atomic E-state index is 0.257. The van der Waals surface area contributed by atoms with Gasteiger partial charge in [-0.25, -0.2) is 0 Å². The van der Waals surface area contributed by atoms with E-state index in [9.17, 15) is 10.2 Å². The summed E-state index contributed by atoms with van der Waals surface area (Å²) in [6, 6.07) is 7.39. The van der Waals surface area contributed by atoms with Crippen LogP contribution in [0.3, 0.4) is 0 Å². The van der Waals surface area contributed by atoms with Crippen molar-refractivity contribution in [2.45, 2.75) is 12.0 Å². The van der Waals surface area contributed by atoms with E-state index >= 15 is 0 Å². The quantitative estimate of drug-likeness (QED) is 0.802. The monoisotopic (exact) mass is 237 g/mol. The van der Waals surface area contributed by atoms with Crippen LogP contribution in [0.5, 0.6) is 5.75 Å². The molecule has 1 aromatic carbocycles. The average molecular weight is 237 g/mol. The minimum Gasteiger partial charge on any atom is -0.497 e. The topological polar surface area (TPSA) is 71.3 Å². The summed E-state index contributed by atoms with van der Waals surface area (Å²) in [5, 5.41) is 22.3. The number of hydrogen-bond acceptors (Lipinski definition) is 5. The fourth-order valence-corrected chi connectivity index (χ4v) is 1.68. The molecule has 1 aliphatic heterocycles. The Labute approximate surface area is 99.3 Å². The molecule has 0 amide bonds. The second kappa shape index (κ2) is 4.73. The third-order valence-electron chi connectivity index (χ3n) is 2.84. The molecule has 0 saturated heterocycles. The molecule has 17 heavy (non-hydrogen) atoms. The summed E-state index contributed by atoms with van der Waals surface area (Å²) < 4.78 is 5.06. The van der Waals surface area contributed by atoms with E-state index in [1.165, 1.54) is 0 Å². The van der Waals surface area contributed by atoms with Crippen molar-refractivity contribution in [2.75, 3.05) is 20.3 Å². The highest BCUT2D eigenvalue weighted by Gasteiger charge is 2.38. The Balaban J connectivity index is 2.14. The summed E-state index contributed by atoms with van der Waals surface area (Å²) in [5.41, 5.74) is 0.639. The van der Waals surface area contributed by atoms with E-state index in [4.69, 9.17) is 9.57 Å². The zero-order valence-electron chi connectivity index (χ0n) is 9.59. The highest BCUT2D eigenvalue weighted by molar-refractivity contribution is 6.01. The molecule has 92 valence electrons. The number of benzene rings is 1. The molecule has 0 saturated carbocycles. The van der Waals surface area contributed by atoms with Crippen LogP contribution in [-0.2, 0) is 4.84 Å². The van der Waals surface area contributed by atoms with Crippen molar-refractivity contribution < 1.29 is 19.8 Å². The van der Waals surface area contributed by atoms with Gasteiger partial charge in [-0.3, -0.25) is 0 Å². The number of ether oxygens (including phenoxy) is 1. The van der Waals surface area contributed by atoms with E-state index in [-0.39, 0.29) is 13.2 Å². The summed E-state index contributed by atoms with van der Waals surface area (Å²) in [7, 11) is 1.60. The summed E-state index contributed by atoms with van der Waals surface area (Å²) in [6.45, 7) is -0.515. The Hall–Kier alpha value is -1.59. The Kier molecular flexibility index (Phi) is 3.31. The van der Waals surface area contributed by atoms with Crippen LogP contribution in [0.2, 0.25) is 0 Å². The molecular formula is C12H15NO4. The predicted octanol–water partition coefficient (Wildman–Crippen LogP) is 0.543. The maximum absolute atomic E-state index is 9.19. The average Bonchev–Trinajstić information content (AvgIpc) is 2.84. The van der Waals surface area contributed by atoms with Crippen LogP contribution in [0, 0.1) is 0 Å². The summed E-state index contributed by atoms with van der Waals surface area (Å²) in [4.78, 5) is 5.12. The zero-order valence-corrected chi connectivity index (χ0v) is 9.59. The van der Waals surface area contributed by atoms with Crippen molar-refractivity contribution in [1.82, 2.24) is 0 Å². The van der Waals surface area contributed by atoms with E-state index in [0.717, 1.165) is 17.0 Å². The van der Waals surface area contributed by atoms with Gasteiger partial charge in [-0.1, -0.05) is 5.16 Å². The second-order valence-electron chi connectivity index (χ2n) is 4.03. The lowest BCUT2D eigenvalue weighted by Crippen LogP contribution is -2.37. The first-order chi connectivity index (χ1) is 8.23. The highest BCUT2D eigenvalue weighted by Crippen LogP contribution is 2.26. The lowest BCUT2D eigenvalue weighted by Gasteiger charge is -2.20. The molecule has 5 nitrogen and oxygen atoms in total. The molecule has 2 rings (SSSR count). The van der Waals surface area contributed by atoms with Gasteiger partial charge < -0.3 is 19.8 Å². The molecule has 0 atom stereocenters. The molecule has 0 radical (unpaired) electrons. The molecule has 0 aliphatic carbocycles. The number of nitrogens with zero attached hydrogens (tertiary/aromatic N) is 1. The lowest BCUT2D eigenvalue weighted by atomic mass is 9.96. The van der Waals surface area contributed by atoms with Crippen LogP contribution in [-0.4, -0.2) is 41.8 Å². The van der Waals surface area contributed by atoms with E-state index in [1.807, 2.05) is 24.3 Å². The molecule has 0 spiro atoms. The Morgan fingerprint density at radius 2 is 1.94 bits per heavy atom. The first-order valence-corrected chi connectivity index (χ1v) is 5.34. The van der Waals surface area contributed by atoms with Gasteiger partial charge in [-0.15, -0.1) is 0 Å². The Morgan fingerprint density at radius 3 is 2.41 bits per heavy atom. The molecule has 0 bridgehead atoms. The molecular weight excluding hydrogens is 222 g/mol. The van der Waals surface area contributed by atoms with E-state index in [1.54, 1.807) is 7.11 Å². The molecule has 2 N–H and O–H groups in total. The van der Waals surface area contributed by atoms with Gasteiger partial charge in [0.1, 0.15) is 5.75 Å². The molecule has 1 aliphatic rings. The molecule has 1 heterocycles. The third-order valence-corrected chi connectivity index (χ3v) is 2.84. The summed E-state index contributed by atoms with van der Waals surface area (Å²) in [6.07, 6.45) is 0.395. The first kappa shape index (κ1) is 11.9. The number of oxime groups is 1. The van der Waals surface area contributed by atoms with Gasteiger partial charge in [0.2, 0.25) is 0 Å². The molecule has 1 aromatic rings. The predicted molar refractivity (Wildman–Crippen MR) is 62.1 cm³/mol. The van der Waals surface area contributed by atoms with Crippen molar-refractivity contribution in [3.8, 4) is 5.75 Å². The molecule has 0 unspecified atom stereocenters. The van der Waals surface area contributed by atoms with Gasteiger partial charge in [0, 0.05) is 6.42 Å². The maximum Gasteiger partial charge on any atom is 0.188 e. The van der Waals surface area contributed by atoms with Crippen LogP contribution in [0.25, 0.3) is 0 Å². The molecule has 0 aromatic heterocycles. The van der Waals surface area contributed by atoms with Gasteiger partial charge in [0.05, 0.1) is 26.0 Å². The van der Waals surface area contributed by atoms with Gasteiger partial charge in [-0.05, 0) is 29.8 Å². The normalized spacial score (nSPS) is 17.5. The number of rotatable bonds is 4. The second-order valence-corrected chi connectivity index (χ2v) is 4.03. The summed E-state index contributed by atoms with van der Waals surface area (Å²) in [5.74, 6) is 0.767. The van der Waals surface area contributed by atoms with Crippen molar-refractivity contribution in [2.24, 2.45) is 5.16 Å². The number of methoxy groups -OCH3 is 1. The smallest absolute Gasteiger partial charge is 0.188 e. The maximum atomic E-state index is 9.19. The Morgan fingerprint density at radius 1 is 1.29 bits per heavy atom. The van der Waals surface area contributed by atoms with Crippen molar-refractivity contribution in [3.05, 3.63) is 29.8 Å². The SMILES string of the molecule is COc1ccc(C2=NOC(CO)(CO)C2)cc1. The highest BCUT2D eigenvalue weighted by atomic mass is 16.7. The van der Waals surface area contributed by atoms with Crippen molar-refractivity contribution >= 4 is 5.71 Å². The third kappa shape index (κ3) is 2.25. The van der Waals surface area contributed by atoms with E-state index < -0.39 is 5.60 Å². The Bertz CT molecular complexity index is 409. The summed E-state index contributed by atoms with van der Waals surface area (Å²) >= 11 is 0. The molecule has 0 fully saturated rings. The number of aliphatic hydroxyl groups excluding tert-OH is 2. The number of aliphatic hydroxyl groups is 2.